The van der Waals surface area contributed by atoms with Gasteiger partial charge in [-0.1, -0.05) is 13.0 Å². The van der Waals surface area contributed by atoms with Crippen LogP contribution in [0, 0.1) is 13.8 Å². The lowest BCUT2D eigenvalue weighted by Crippen LogP contribution is -2.39. The van der Waals surface area contributed by atoms with E-state index >= 15 is 0 Å². The second-order valence-corrected chi connectivity index (χ2v) is 8.96. The Morgan fingerprint density at radius 1 is 1.03 bits per heavy atom. The Bertz CT molecular complexity index is 1080. The molecule has 31 heavy (non-hydrogen) atoms. The van der Waals surface area contributed by atoms with Crippen molar-refractivity contribution in [3.8, 4) is 11.5 Å². The molecule has 0 heterocycles. The van der Waals surface area contributed by atoms with Crippen molar-refractivity contribution in [3.05, 3.63) is 53.1 Å². The number of carbonyl (C=O) groups is 1. The minimum Gasteiger partial charge on any atom is -0.493 e. The van der Waals surface area contributed by atoms with Crippen molar-refractivity contribution in [1.82, 2.24) is 5.43 Å². The van der Waals surface area contributed by atoms with Gasteiger partial charge in [-0.15, -0.1) is 0 Å². The molecule has 2 aromatic carbocycles. The van der Waals surface area contributed by atoms with Crippen molar-refractivity contribution >= 4 is 27.3 Å². The van der Waals surface area contributed by atoms with E-state index in [1.54, 1.807) is 38.5 Å². The van der Waals surface area contributed by atoms with Crippen molar-refractivity contribution < 1.29 is 22.7 Å². The number of rotatable bonds is 9. The molecular formula is C22H29N3O5S. The van der Waals surface area contributed by atoms with Crippen LogP contribution >= 0.6 is 0 Å². The van der Waals surface area contributed by atoms with E-state index in [0.717, 1.165) is 27.3 Å². The normalized spacial score (nSPS) is 11.7. The van der Waals surface area contributed by atoms with Crippen LogP contribution in [0.4, 0.5) is 5.69 Å². The van der Waals surface area contributed by atoms with Crippen LogP contribution in [0.1, 0.15) is 30.0 Å². The molecular weight excluding hydrogens is 418 g/mol. The quantitative estimate of drug-likeness (QED) is 0.471. The Labute approximate surface area is 183 Å². The van der Waals surface area contributed by atoms with Gasteiger partial charge in [0.05, 0.1) is 31.9 Å². The Morgan fingerprint density at radius 2 is 1.71 bits per heavy atom. The first-order chi connectivity index (χ1) is 14.6. The monoisotopic (exact) mass is 447 g/mol. The number of methoxy groups -OCH3 is 2. The van der Waals surface area contributed by atoms with Gasteiger partial charge in [0.15, 0.2) is 11.5 Å². The summed E-state index contributed by atoms with van der Waals surface area (Å²) in [6, 6.07) is 10.6. The van der Waals surface area contributed by atoms with Crippen molar-refractivity contribution in [1.29, 1.82) is 0 Å². The lowest BCUT2D eigenvalue weighted by molar-refractivity contribution is -0.119. The second-order valence-electron chi connectivity index (χ2n) is 7.05. The number of carbonyl (C=O) groups excluding carboxylic acids is 1. The van der Waals surface area contributed by atoms with Crippen LogP contribution in [0.25, 0.3) is 0 Å². The van der Waals surface area contributed by atoms with Crippen molar-refractivity contribution in [2.75, 3.05) is 31.3 Å². The molecule has 168 valence electrons. The van der Waals surface area contributed by atoms with Crippen LogP contribution in [-0.4, -0.2) is 47.1 Å². The van der Waals surface area contributed by atoms with Gasteiger partial charge in [-0.3, -0.25) is 9.10 Å². The van der Waals surface area contributed by atoms with Crippen LogP contribution in [0.3, 0.4) is 0 Å². The van der Waals surface area contributed by atoms with Gasteiger partial charge < -0.3 is 9.47 Å². The third-order valence-corrected chi connectivity index (χ3v) is 5.97. The van der Waals surface area contributed by atoms with E-state index in [9.17, 15) is 13.2 Å². The van der Waals surface area contributed by atoms with Crippen LogP contribution in [0.15, 0.2) is 41.5 Å². The zero-order valence-electron chi connectivity index (χ0n) is 18.7. The largest absolute Gasteiger partial charge is 0.493 e. The SMILES string of the molecule is CC/C(=N/NC(=O)CN(c1ccc(C)c(C)c1)S(C)(=O)=O)c1ccc(OC)c(OC)c1. The number of aryl methyl sites for hydroxylation is 2. The Morgan fingerprint density at radius 3 is 2.26 bits per heavy atom. The number of benzene rings is 2. The second kappa shape index (κ2) is 10.3. The fraction of sp³-hybridized carbons (Fsp3) is 0.364. The molecule has 9 heteroatoms. The number of hydrazone groups is 1. The summed E-state index contributed by atoms with van der Waals surface area (Å²) in [5, 5.41) is 4.20. The highest BCUT2D eigenvalue weighted by Gasteiger charge is 2.21. The molecule has 0 aliphatic carbocycles. The number of hydrogen-bond donors (Lipinski definition) is 1. The van der Waals surface area contributed by atoms with Crippen LogP contribution < -0.4 is 19.2 Å². The summed E-state index contributed by atoms with van der Waals surface area (Å²) in [5.74, 6) is 0.587. The molecule has 1 amide bonds. The van der Waals surface area contributed by atoms with Crippen molar-refractivity contribution in [2.45, 2.75) is 27.2 Å². The third-order valence-electron chi connectivity index (χ3n) is 4.83. The zero-order chi connectivity index (χ0) is 23.2. The minimum atomic E-state index is -3.66. The molecule has 0 radical (unpaired) electrons. The Balaban J connectivity index is 2.23. The predicted molar refractivity (Wildman–Crippen MR) is 123 cm³/mol. The molecule has 0 spiro atoms. The van der Waals surface area contributed by atoms with Gasteiger partial charge in [-0.05, 0) is 61.7 Å². The molecule has 0 aliphatic heterocycles. The third kappa shape index (κ3) is 6.21. The van der Waals surface area contributed by atoms with E-state index in [2.05, 4.69) is 10.5 Å². The number of nitrogens with one attached hydrogen (secondary N) is 1. The fourth-order valence-corrected chi connectivity index (χ4v) is 3.79. The minimum absolute atomic E-state index is 0.381. The van der Waals surface area contributed by atoms with Crippen LogP contribution in [-0.2, 0) is 14.8 Å². The Kier molecular flexibility index (Phi) is 8.04. The highest BCUT2D eigenvalue weighted by molar-refractivity contribution is 7.92. The first-order valence-electron chi connectivity index (χ1n) is 9.73. The molecule has 0 aromatic heterocycles. The summed E-state index contributed by atoms with van der Waals surface area (Å²) in [4.78, 5) is 12.5. The standard InChI is InChI=1S/C22H29N3O5S/c1-7-19(17-9-11-20(29-4)21(13-17)30-5)23-24-22(26)14-25(31(6,27)28)18-10-8-15(2)16(3)12-18/h8-13H,7,14H2,1-6H3,(H,24,26)/b23-19-. The maximum absolute atomic E-state index is 12.5. The van der Waals surface area contributed by atoms with E-state index in [4.69, 9.17) is 9.47 Å². The molecule has 0 saturated carbocycles. The lowest BCUT2D eigenvalue weighted by atomic mass is 10.1. The molecule has 2 rings (SSSR count). The molecule has 0 bridgehead atoms. The van der Waals surface area contributed by atoms with Gasteiger partial charge >= 0.3 is 0 Å². The number of anilines is 1. The number of nitrogens with zero attached hydrogens (tertiary/aromatic N) is 2. The molecule has 8 nitrogen and oxygen atoms in total. The lowest BCUT2D eigenvalue weighted by Gasteiger charge is -2.22. The molecule has 2 aromatic rings. The first kappa shape index (κ1) is 24.2. The summed E-state index contributed by atoms with van der Waals surface area (Å²) in [5.41, 5.74) is 6.25. The van der Waals surface area contributed by atoms with E-state index in [0.29, 0.717) is 29.3 Å². The maximum Gasteiger partial charge on any atom is 0.260 e. The van der Waals surface area contributed by atoms with Crippen LogP contribution in [0.5, 0.6) is 11.5 Å². The number of sulfonamides is 1. The van der Waals surface area contributed by atoms with Crippen LogP contribution in [0.2, 0.25) is 0 Å². The smallest absolute Gasteiger partial charge is 0.260 e. The Hall–Kier alpha value is -3.07. The average Bonchev–Trinajstić information content (AvgIpc) is 2.73. The summed E-state index contributed by atoms with van der Waals surface area (Å²) in [6.45, 7) is 5.35. The van der Waals surface area contributed by atoms with Gasteiger partial charge in [-0.25, -0.2) is 13.8 Å². The first-order valence-corrected chi connectivity index (χ1v) is 11.6. The molecule has 0 atom stereocenters. The highest BCUT2D eigenvalue weighted by atomic mass is 32.2. The summed E-state index contributed by atoms with van der Waals surface area (Å²) in [6.07, 6.45) is 1.61. The topological polar surface area (TPSA) is 97.3 Å². The molecule has 0 aliphatic rings. The number of amides is 1. The summed E-state index contributed by atoms with van der Waals surface area (Å²) < 4.78 is 36.2. The van der Waals surface area contributed by atoms with E-state index < -0.39 is 15.9 Å². The van der Waals surface area contributed by atoms with Crippen molar-refractivity contribution in [2.24, 2.45) is 5.10 Å². The van der Waals surface area contributed by atoms with Gasteiger partial charge in [0.2, 0.25) is 10.0 Å². The van der Waals surface area contributed by atoms with Gasteiger partial charge in [0.1, 0.15) is 6.54 Å². The summed E-state index contributed by atoms with van der Waals surface area (Å²) in [7, 11) is -0.570. The van der Waals surface area contributed by atoms with E-state index in [1.165, 1.54) is 0 Å². The average molecular weight is 448 g/mol. The van der Waals surface area contributed by atoms with Crippen molar-refractivity contribution in [3.63, 3.8) is 0 Å². The molecule has 1 N–H and O–H groups in total. The maximum atomic E-state index is 12.5. The highest BCUT2D eigenvalue weighted by Crippen LogP contribution is 2.28. The van der Waals surface area contributed by atoms with Gasteiger partial charge in [0, 0.05) is 5.56 Å². The summed E-state index contributed by atoms with van der Waals surface area (Å²) >= 11 is 0. The number of hydrogen-bond acceptors (Lipinski definition) is 6. The molecule has 0 unspecified atom stereocenters. The van der Waals surface area contributed by atoms with Gasteiger partial charge in [-0.2, -0.15) is 5.10 Å². The predicted octanol–water partition coefficient (Wildman–Crippen LogP) is 3.02. The van der Waals surface area contributed by atoms with E-state index in [-0.39, 0.29) is 6.54 Å². The zero-order valence-corrected chi connectivity index (χ0v) is 19.5. The molecule has 0 saturated heterocycles. The van der Waals surface area contributed by atoms with E-state index in [1.807, 2.05) is 32.9 Å². The molecule has 0 fully saturated rings. The van der Waals surface area contributed by atoms with Gasteiger partial charge in [0.25, 0.3) is 5.91 Å². The fourth-order valence-electron chi connectivity index (χ4n) is 2.94. The number of ether oxygens (including phenoxy) is 2.